The molecular formula is C17H19BrFNO. The van der Waals surface area contributed by atoms with Crippen LogP contribution in [-0.2, 0) is 6.42 Å². The summed E-state index contributed by atoms with van der Waals surface area (Å²) in [6.45, 7) is 4.13. The van der Waals surface area contributed by atoms with E-state index < -0.39 is 0 Å². The summed E-state index contributed by atoms with van der Waals surface area (Å²) in [7, 11) is 1.47. The van der Waals surface area contributed by atoms with Crippen LogP contribution in [0, 0.1) is 5.82 Å². The monoisotopic (exact) mass is 351 g/mol. The molecule has 0 bridgehead atoms. The Kier molecular flexibility index (Phi) is 5.23. The van der Waals surface area contributed by atoms with Crippen LogP contribution >= 0.6 is 15.9 Å². The third kappa shape index (κ3) is 3.76. The van der Waals surface area contributed by atoms with Crippen molar-refractivity contribution in [3.63, 3.8) is 0 Å². The second-order valence-corrected chi connectivity index (χ2v) is 5.83. The lowest BCUT2D eigenvalue weighted by molar-refractivity contribution is 0.386. The zero-order valence-electron chi connectivity index (χ0n) is 12.4. The summed E-state index contributed by atoms with van der Waals surface area (Å²) in [5.74, 6) is -0.0704. The van der Waals surface area contributed by atoms with E-state index in [2.05, 4.69) is 34.2 Å². The molecule has 0 radical (unpaired) electrons. The van der Waals surface area contributed by atoms with Gasteiger partial charge in [0.05, 0.1) is 7.11 Å². The van der Waals surface area contributed by atoms with Crippen LogP contribution < -0.4 is 10.1 Å². The van der Waals surface area contributed by atoms with Gasteiger partial charge in [0.1, 0.15) is 0 Å². The summed E-state index contributed by atoms with van der Waals surface area (Å²) >= 11 is 3.48. The first-order chi connectivity index (χ1) is 10.0. The Balaban J connectivity index is 2.21. The van der Waals surface area contributed by atoms with E-state index in [9.17, 15) is 4.39 Å². The van der Waals surface area contributed by atoms with Crippen molar-refractivity contribution >= 4 is 21.6 Å². The van der Waals surface area contributed by atoms with Crippen molar-refractivity contribution in [3.05, 3.63) is 57.8 Å². The number of anilines is 1. The van der Waals surface area contributed by atoms with Crippen LogP contribution in [0.4, 0.5) is 10.1 Å². The van der Waals surface area contributed by atoms with E-state index in [0.29, 0.717) is 0 Å². The predicted molar refractivity (Wildman–Crippen MR) is 88.5 cm³/mol. The van der Waals surface area contributed by atoms with Crippen LogP contribution in [0.1, 0.15) is 31.0 Å². The lowest BCUT2D eigenvalue weighted by Gasteiger charge is -2.19. The summed E-state index contributed by atoms with van der Waals surface area (Å²) in [4.78, 5) is 0. The Bertz CT molecular complexity index is 630. The molecule has 112 valence electrons. The highest BCUT2D eigenvalue weighted by atomic mass is 79.9. The van der Waals surface area contributed by atoms with Crippen LogP contribution in [0.5, 0.6) is 5.75 Å². The summed E-state index contributed by atoms with van der Waals surface area (Å²) in [5, 5.41) is 3.44. The smallest absolute Gasteiger partial charge is 0.165 e. The molecule has 1 N–H and O–H groups in total. The number of benzene rings is 2. The molecule has 1 unspecified atom stereocenters. The number of rotatable bonds is 5. The molecule has 2 rings (SSSR count). The highest BCUT2D eigenvalue weighted by Gasteiger charge is 2.11. The van der Waals surface area contributed by atoms with Crippen molar-refractivity contribution in [1.82, 2.24) is 0 Å². The largest absolute Gasteiger partial charge is 0.494 e. The Morgan fingerprint density at radius 2 is 2.00 bits per heavy atom. The van der Waals surface area contributed by atoms with E-state index >= 15 is 0 Å². The molecule has 0 aliphatic carbocycles. The van der Waals surface area contributed by atoms with Crippen molar-refractivity contribution in [1.29, 1.82) is 0 Å². The number of nitrogens with one attached hydrogen (secondary N) is 1. The first-order valence-corrected chi connectivity index (χ1v) is 7.72. The molecule has 0 aromatic heterocycles. The van der Waals surface area contributed by atoms with Gasteiger partial charge in [0.2, 0.25) is 0 Å². The van der Waals surface area contributed by atoms with Gasteiger partial charge in [-0.2, -0.15) is 0 Å². The van der Waals surface area contributed by atoms with Gasteiger partial charge in [0.25, 0.3) is 0 Å². The second-order valence-electron chi connectivity index (χ2n) is 4.92. The Morgan fingerprint density at radius 3 is 2.62 bits per heavy atom. The number of hydrogen-bond donors (Lipinski definition) is 1. The topological polar surface area (TPSA) is 21.3 Å². The quantitative estimate of drug-likeness (QED) is 0.785. The van der Waals surface area contributed by atoms with E-state index in [0.717, 1.165) is 22.1 Å². The van der Waals surface area contributed by atoms with Gasteiger partial charge in [-0.25, -0.2) is 4.39 Å². The van der Waals surface area contributed by atoms with Crippen LogP contribution in [0.15, 0.2) is 40.9 Å². The maximum Gasteiger partial charge on any atom is 0.165 e. The van der Waals surface area contributed by atoms with Crippen molar-refractivity contribution in [2.45, 2.75) is 26.3 Å². The molecule has 21 heavy (non-hydrogen) atoms. The summed E-state index contributed by atoms with van der Waals surface area (Å²) in [5.41, 5.74) is 3.19. The van der Waals surface area contributed by atoms with Crippen molar-refractivity contribution in [3.8, 4) is 5.75 Å². The molecule has 0 heterocycles. The Hall–Kier alpha value is -1.55. The standard InChI is InChI=1S/C17H19BrFNO/c1-4-12-9-14(18)6-7-16(12)20-11(2)13-5-8-17(21-3)15(19)10-13/h5-11,20H,4H2,1-3H3. The van der Waals surface area contributed by atoms with Crippen LogP contribution in [0.3, 0.4) is 0 Å². The number of aryl methyl sites for hydroxylation is 1. The molecular weight excluding hydrogens is 333 g/mol. The van der Waals surface area contributed by atoms with Crippen LogP contribution in [0.25, 0.3) is 0 Å². The summed E-state index contributed by atoms with van der Waals surface area (Å²) in [6.07, 6.45) is 0.936. The van der Waals surface area contributed by atoms with Crippen LogP contribution in [-0.4, -0.2) is 7.11 Å². The maximum absolute atomic E-state index is 13.8. The van der Waals surface area contributed by atoms with Gasteiger partial charge >= 0.3 is 0 Å². The van der Waals surface area contributed by atoms with E-state index in [1.165, 1.54) is 18.7 Å². The highest BCUT2D eigenvalue weighted by molar-refractivity contribution is 9.10. The minimum Gasteiger partial charge on any atom is -0.494 e. The number of halogens is 2. The van der Waals surface area contributed by atoms with Gasteiger partial charge in [0.15, 0.2) is 11.6 Å². The van der Waals surface area contributed by atoms with E-state index in [1.807, 2.05) is 25.1 Å². The van der Waals surface area contributed by atoms with Gasteiger partial charge < -0.3 is 10.1 Å². The van der Waals surface area contributed by atoms with E-state index in [-0.39, 0.29) is 17.6 Å². The third-order valence-corrected chi connectivity index (χ3v) is 3.99. The molecule has 2 aromatic rings. The fraction of sp³-hybridized carbons (Fsp3) is 0.294. The summed E-state index contributed by atoms with van der Waals surface area (Å²) < 4.78 is 19.8. The van der Waals surface area contributed by atoms with Crippen molar-refractivity contribution < 1.29 is 9.13 Å². The van der Waals surface area contributed by atoms with E-state index in [1.54, 1.807) is 6.07 Å². The lowest BCUT2D eigenvalue weighted by atomic mass is 10.1. The van der Waals surface area contributed by atoms with Crippen molar-refractivity contribution in [2.75, 3.05) is 12.4 Å². The third-order valence-electron chi connectivity index (χ3n) is 3.50. The van der Waals surface area contributed by atoms with Crippen LogP contribution in [0.2, 0.25) is 0 Å². The van der Waals surface area contributed by atoms with Gasteiger partial charge in [-0.05, 0) is 54.8 Å². The number of hydrogen-bond acceptors (Lipinski definition) is 2. The molecule has 0 aliphatic heterocycles. The van der Waals surface area contributed by atoms with Gasteiger partial charge in [-0.1, -0.05) is 28.9 Å². The highest BCUT2D eigenvalue weighted by Crippen LogP contribution is 2.27. The molecule has 0 saturated carbocycles. The predicted octanol–water partition coefficient (Wildman–Crippen LogP) is 5.33. The minimum absolute atomic E-state index is 0.0110. The van der Waals surface area contributed by atoms with Gasteiger partial charge in [-0.3, -0.25) is 0 Å². The second kappa shape index (κ2) is 6.94. The Morgan fingerprint density at radius 1 is 1.24 bits per heavy atom. The lowest BCUT2D eigenvalue weighted by Crippen LogP contribution is -2.09. The van der Waals surface area contributed by atoms with Crippen molar-refractivity contribution in [2.24, 2.45) is 0 Å². The molecule has 4 heteroatoms. The first-order valence-electron chi connectivity index (χ1n) is 6.93. The number of ether oxygens (including phenoxy) is 1. The SMILES string of the molecule is CCc1cc(Br)ccc1NC(C)c1ccc(OC)c(F)c1. The fourth-order valence-corrected chi connectivity index (χ4v) is 2.67. The zero-order valence-corrected chi connectivity index (χ0v) is 14.0. The molecule has 0 aliphatic rings. The number of methoxy groups -OCH3 is 1. The average molecular weight is 352 g/mol. The molecule has 2 aromatic carbocycles. The minimum atomic E-state index is -0.338. The van der Waals surface area contributed by atoms with Gasteiger partial charge in [0, 0.05) is 16.2 Å². The average Bonchev–Trinajstić information content (AvgIpc) is 2.48. The molecule has 0 spiro atoms. The molecule has 0 saturated heterocycles. The fourth-order valence-electron chi connectivity index (χ4n) is 2.26. The van der Waals surface area contributed by atoms with E-state index in [4.69, 9.17) is 4.74 Å². The normalized spacial score (nSPS) is 12.0. The molecule has 0 amide bonds. The Labute approximate surface area is 133 Å². The molecule has 2 nitrogen and oxygen atoms in total. The van der Waals surface area contributed by atoms with Gasteiger partial charge in [-0.15, -0.1) is 0 Å². The first kappa shape index (κ1) is 15.8. The maximum atomic E-state index is 13.8. The zero-order chi connectivity index (χ0) is 15.4. The summed E-state index contributed by atoms with van der Waals surface area (Å²) in [6, 6.07) is 11.2. The molecule has 0 fully saturated rings. The molecule has 1 atom stereocenters.